The lowest BCUT2D eigenvalue weighted by atomic mass is 10.1. The minimum atomic E-state index is 0.0314. The molecule has 1 saturated carbocycles. The Kier molecular flexibility index (Phi) is 4.89. The van der Waals surface area contributed by atoms with Crippen LogP contribution in [-0.4, -0.2) is 57.3 Å². The van der Waals surface area contributed by atoms with E-state index in [0.29, 0.717) is 43.7 Å². The zero-order valence-corrected chi connectivity index (χ0v) is 16.2. The number of carbonyl (C=O) groups is 2. The highest BCUT2D eigenvalue weighted by Gasteiger charge is 2.30. The van der Waals surface area contributed by atoms with Gasteiger partial charge in [-0.05, 0) is 44.9 Å². The van der Waals surface area contributed by atoms with Gasteiger partial charge in [0.1, 0.15) is 0 Å². The van der Waals surface area contributed by atoms with Crippen molar-refractivity contribution >= 4 is 22.8 Å². The van der Waals surface area contributed by atoms with E-state index < -0.39 is 0 Å². The molecule has 2 heterocycles. The smallest absolute Gasteiger partial charge is 0.254 e. The number of amides is 2. The highest BCUT2D eigenvalue weighted by Crippen LogP contribution is 2.27. The molecule has 1 saturated heterocycles. The van der Waals surface area contributed by atoms with Crippen LogP contribution in [0.4, 0.5) is 0 Å². The Morgan fingerprint density at radius 2 is 1.70 bits per heavy atom. The maximum absolute atomic E-state index is 12.9. The Balaban J connectivity index is 1.42. The third kappa shape index (κ3) is 3.45. The molecule has 2 amide bonds. The van der Waals surface area contributed by atoms with E-state index in [1.165, 1.54) is 12.8 Å². The molecule has 1 aromatic carbocycles. The summed E-state index contributed by atoms with van der Waals surface area (Å²) in [5, 5.41) is 0. The fourth-order valence-corrected chi connectivity index (χ4v) is 4.32. The van der Waals surface area contributed by atoms with Gasteiger partial charge in [0.25, 0.3) is 5.91 Å². The van der Waals surface area contributed by atoms with Gasteiger partial charge < -0.3 is 14.4 Å². The van der Waals surface area contributed by atoms with Gasteiger partial charge in [-0.25, -0.2) is 4.98 Å². The number of rotatable bonds is 3. The van der Waals surface area contributed by atoms with E-state index in [1.54, 1.807) is 0 Å². The van der Waals surface area contributed by atoms with Gasteiger partial charge in [-0.2, -0.15) is 0 Å². The fourth-order valence-electron chi connectivity index (χ4n) is 4.32. The predicted octanol–water partition coefficient (Wildman–Crippen LogP) is 3.09. The predicted molar refractivity (Wildman–Crippen MR) is 105 cm³/mol. The van der Waals surface area contributed by atoms with Crippen LogP contribution >= 0.6 is 0 Å². The molecule has 27 heavy (non-hydrogen) atoms. The number of benzene rings is 1. The molecule has 6 heteroatoms. The van der Waals surface area contributed by atoms with Crippen molar-refractivity contribution in [3.63, 3.8) is 0 Å². The molecule has 2 aliphatic rings. The number of piperazine rings is 1. The SMILES string of the molecule is CC(C)n1cnc2cc(C(=O)N3CCN(C(=O)C4CCCC4)CC3)ccc21. The van der Waals surface area contributed by atoms with Gasteiger partial charge in [-0.3, -0.25) is 9.59 Å². The molecule has 144 valence electrons. The minimum absolute atomic E-state index is 0.0314. The monoisotopic (exact) mass is 368 g/mol. The van der Waals surface area contributed by atoms with Crippen molar-refractivity contribution in [2.24, 2.45) is 5.92 Å². The van der Waals surface area contributed by atoms with Crippen LogP contribution in [0.25, 0.3) is 11.0 Å². The van der Waals surface area contributed by atoms with Crippen LogP contribution in [-0.2, 0) is 4.79 Å². The standard InChI is InChI=1S/C21H28N4O2/c1-15(2)25-14-22-18-13-17(7-8-19(18)25)21(27)24-11-9-23(10-12-24)20(26)16-5-3-4-6-16/h7-8,13-16H,3-6,9-12H2,1-2H3. The first-order chi connectivity index (χ1) is 13.0. The van der Waals surface area contributed by atoms with Gasteiger partial charge in [0.15, 0.2) is 0 Å². The Hall–Kier alpha value is -2.37. The summed E-state index contributed by atoms with van der Waals surface area (Å²) in [5.41, 5.74) is 2.57. The van der Waals surface area contributed by atoms with Crippen LogP contribution < -0.4 is 0 Å². The van der Waals surface area contributed by atoms with Crippen molar-refractivity contribution in [2.45, 2.75) is 45.6 Å². The number of aromatic nitrogens is 2. The summed E-state index contributed by atoms with van der Waals surface area (Å²) >= 11 is 0. The summed E-state index contributed by atoms with van der Waals surface area (Å²) in [4.78, 5) is 33.7. The first-order valence-electron chi connectivity index (χ1n) is 10.1. The van der Waals surface area contributed by atoms with Crippen LogP contribution in [0.1, 0.15) is 55.9 Å². The van der Waals surface area contributed by atoms with Crippen molar-refractivity contribution in [2.75, 3.05) is 26.2 Å². The second-order valence-corrected chi connectivity index (χ2v) is 8.05. The molecule has 0 N–H and O–H groups in total. The van der Waals surface area contributed by atoms with E-state index in [2.05, 4.69) is 23.4 Å². The molecule has 2 aromatic rings. The average molecular weight is 368 g/mol. The quantitative estimate of drug-likeness (QED) is 0.836. The topological polar surface area (TPSA) is 58.4 Å². The first-order valence-corrected chi connectivity index (χ1v) is 10.1. The van der Waals surface area contributed by atoms with E-state index >= 15 is 0 Å². The number of nitrogens with zero attached hydrogens (tertiary/aromatic N) is 4. The molecule has 1 aliphatic carbocycles. The zero-order valence-electron chi connectivity index (χ0n) is 16.2. The normalized spacial score (nSPS) is 18.6. The first kappa shape index (κ1) is 18.0. The lowest BCUT2D eigenvalue weighted by Gasteiger charge is -2.36. The molecular formula is C21H28N4O2. The molecular weight excluding hydrogens is 340 g/mol. The van der Waals surface area contributed by atoms with E-state index in [1.807, 2.05) is 34.3 Å². The summed E-state index contributed by atoms with van der Waals surface area (Å²) in [7, 11) is 0. The van der Waals surface area contributed by atoms with Crippen molar-refractivity contribution in [3.05, 3.63) is 30.1 Å². The van der Waals surface area contributed by atoms with Gasteiger partial charge in [-0.1, -0.05) is 12.8 Å². The van der Waals surface area contributed by atoms with E-state index in [-0.39, 0.29) is 11.8 Å². The molecule has 0 bridgehead atoms. The number of hydrogen-bond donors (Lipinski definition) is 0. The van der Waals surface area contributed by atoms with E-state index in [9.17, 15) is 9.59 Å². The number of hydrogen-bond acceptors (Lipinski definition) is 3. The van der Waals surface area contributed by atoms with Gasteiger partial charge in [0, 0.05) is 43.7 Å². The zero-order chi connectivity index (χ0) is 19.0. The van der Waals surface area contributed by atoms with Crippen LogP contribution in [0.5, 0.6) is 0 Å². The highest BCUT2D eigenvalue weighted by molar-refractivity contribution is 5.97. The highest BCUT2D eigenvalue weighted by atomic mass is 16.2. The second-order valence-electron chi connectivity index (χ2n) is 8.05. The third-order valence-corrected chi connectivity index (χ3v) is 5.96. The largest absolute Gasteiger partial charge is 0.339 e. The summed E-state index contributed by atoms with van der Waals surface area (Å²) in [6, 6.07) is 6.09. The maximum atomic E-state index is 12.9. The third-order valence-electron chi connectivity index (χ3n) is 5.96. The van der Waals surface area contributed by atoms with Gasteiger partial charge in [0.05, 0.1) is 17.4 Å². The molecule has 0 unspecified atom stereocenters. The average Bonchev–Trinajstić information content (AvgIpc) is 3.36. The molecule has 0 atom stereocenters. The number of imidazole rings is 1. The lowest BCUT2D eigenvalue weighted by molar-refractivity contribution is -0.136. The summed E-state index contributed by atoms with van der Waals surface area (Å²) in [6.07, 6.45) is 6.23. The Labute approximate surface area is 160 Å². The van der Waals surface area contributed by atoms with Crippen molar-refractivity contribution in [3.8, 4) is 0 Å². The molecule has 4 rings (SSSR count). The summed E-state index contributed by atoms with van der Waals surface area (Å²) in [6.45, 7) is 6.74. The van der Waals surface area contributed by atoms with Gasteiger partial charge >= 0.3 is 0 Å². The van der Waals surface area contributed by atoms with Crippen molar-refractivity contribution in [1.82, 2.24) is 19.4 Å². The summed E-state index contributed by atoms with van der Waals surface area (Å²) in [5.74, 6) is 0.537. The van der Waals surface area contributed by atoms with E-state index in [4.69, 9.17) is 0 Å². The van der Waals surface area contributed by atoms with Crippen LogP contribution in [0.2, 0.25) is 0 Å². The van der Waals surface area contributed by atoms with E-state index in [0.717, 1.165) is 23.9 Å². The van der Waals surface area contributed by atoms with Crippen LogP contribution in [0, 0.1) is 5.92 Å². The minimum Gasteiger partial charge on any atom is -0.339 e. The second kappa shape index (κ2) is 7.33. The molecule has 6 nitrogen and oxygen atoms in total. The Morgan fingerprint density at radius 3 is 2.37 bits per heavy atom. The molecule has 0 radical (unpaired) electrons. The van der Waals surface area contributed by atoms with Gasteiger partial charge in [0.2, 0.25) is 5.91 Å². The Bertz CT molecular complexity index is 843. The van der Waals surface area contributed by atoms with Crippen LogP contribution in [0.3, 0.4) is 0 Å². The fraction of sp³-hybridized carbons (Fsp3) is 0.571. The maximum Gasteiger partial charge on any atom is 0.254 e. The van der Waals surface area contributed by atoms with Crippen molar-refractivity contribution < 1.29 is 9.59 Å². The molecule has 1 aromatic heterocycles. The lowest BCUT2D eigenvalue weighted by Crippen LogP contribution is -2.51. The molecule has 0 spiro atoms. The van der Waals surface area contributed by atoms with Crippen LogP contribution in [0.15, 0.2) is 24.5 Å². The number of fused-ring (bicyclic) bond motifs is 1. The molecule has 2 fully saturated rings. The van der Waals surface area contributed by atoms with Crippen molar-refractivity contribution in [1.29, 1.82) is 0 Å². The molecule has 1 aliphatic heterocycles. The number of carbonyl (C=O) groups excluding carboxylic acids is 2. The van der Waals surface area contributed by atoms with Gasteiger partial charge in [-0.15, -0.1) is 0 Å². The summed E-state index contributed by atoms with van der Waals surface area (Å²) < 4.78 is 2.11. The Morgan fingerprint density at radius 1 is 1.04 bits per heavy atom.